The molecule has 3 nitrogen and oxygen atoms in total. The van der Waals surface area contributed by atoms with Crippen molar-refractivity contribution in [1.82, 2.24) is 0 Å². The minimum atomic E-state index is -0.201. The highest BCUT2D eigenvalue weighted by molar-refractivity contribution is 5.89. The second-order valence-corrected chi connectivity index (χ2v) is 24.5. The summed E-state index contributed by atoms with van der Waals surface area (Å²) in [5.74, 6) is 20.1. The zero-order valence-electron chi connectivity index (χ0n) is 35.4. The van der Waals surface area contributed by atoms with E-state index in [4.69, 9.17) is 9.47 Å². The van der Waals surface area contributed by atoms with E-state index < -0.39 is 0 Å². The van der Waals surface area contributed by atoms with Gasteiger partial charge < -0.3 is 9.47 Å². The average Bonchev–Trinajstić information content (AvgIpc) is 4.09. The molecule has 0 radical (unpaired) electrons. The molecule has 16 aliphatic carbocycles. The van der Waals surface area contributed by atoms with Crippen molar-refractivity contribution < 1.29 is 14.3 Å². The third kappa shape index (κ3) is 2.87. The molecular formula is C57H56O3. The summed E-state index contributed by atoms with van der Waals surface area (Å²) in [4.78, 5) is 13.2. The molecule has 0 aliphatic heterocycles. The lowest BCUT2D eigenvalue weighted by molar-refractivity contribution is -0.123. The fraction of sp³-hybridized carbons (Fsp3) is 0.596. The number of carbonyl (C=O) groups excluding carboxylic acids is 1. The second kappa shape index (κ2) is 9.50. The molecule has 11 fully saturated rings. The van der Waals surface area contributed by atoms with Crippen molar-refractivity contribution in [2.45, 2.75) is 57.8 Å². The fourth-order valence-electron chi connectivity index (χ4n) is 24.6. The zero-order chi connectivity index (χ0) is 38.9. The van der Waals surface area contributed by atoms with Crippen LogP contribution in [0.25, 0.3) is 0 Å². The van der Waals surface area contributed by atoms with Crippen LogP contribution in [-0.4, -0.2) is 20.2 Å². The lowest BCUT2D eigenvalue weighted by atomic mass is 9.42. The monoisotopic (exact) mass is 788 g/mol. The van der Waals surface area contributed by atoms with Crippen LogP contribution in [-0.2, 0) is 16.6 Å². The Kier molecular flexibility index (Phi) is 5.09. The molecule has 60 heavy (non-hydrogen) atoms. The van der Waals surface area contributed by atoms with E-state index in [9.17, 15) is 4.79 Å². The molecule has 24 unspecified atom stereocenters. The average molecular weight is 789 g/mol. The van der Waals surface area contributed by atoms with E-state index in [-0.39, 0.29) is 16.8 Å². The molecule has 24 atom stereocenters. The number of carbonyl (C=O) groups is 1. The Morgan fingerprint density at radius 1 is 0.700 bits per heavy atom. The lowest BCUT2D eigenvalue weighted by Gasteiger charge is -2.61. The van der Waals surface area contributed by atoms with E-state index >= 15 is 0 Å². The molecule has 18 rings (SSSR count). The molecule has 302 valence electrons. The molecule has 0 N–H and O–H groups in total. The number of hydrogen-bond donors (Lipinski definition) is 0. The van der Waals surface area contributed by atoms with Crippen molar-refractivity contribution in [2.75, 3.05) is 14.2 Å². The maximum Gasteiger partial charge on any atom is 0.337 e. The normalized spacial score (nSPS) is 56.3. The van der Waals surface area contributed by atoms with Crippen molar-refractivity contribution in [3.05, 3.63) is 122 Å². The standard InChI is InChI=1S/C57H56O3/c1-21-22(2)34(59-3)9-8-33(21)56-19-31-16-29-14-27-12-25-11-26-13-28-15-30-17-32(20-56)57(18-23-6-5-7-24(10-23)55(58)60-4)52(30)49-39(28)43-36(26)35(25)41-38(27)42-37(29)40(31)50-48-45(42)44(41)46(43)47(49)51(48)54(57)53(50)56/h5-10,13,15,19-20,25,27-29,35-48,50-51,53-54H,11-12,14,16-18H2,1-4H3. The van der Waals surface area contributed by atoms with Crippen molar-refractivity contribution in [2.24, 2.45) is 136 Å². The minimum Gasteiger partial charge on any atom is -0.496 e. The van der Waals surface area contributed by atoms with Crippen molar-refractivity contribution in [3.8, 4) is 5.75 Å². The van der Waals surface area contributed by atoms with Crippen LogP contribution in [0, 0.1) is 149 Å². The van der Waals surface area contributed by atoms with Gasteiger partial charge in [-0.2, -0.15) is 0 Å². The number of rotatable bonds is 5. The van der Waals surface area contributed by atoms with Crippen LogP contribution in [0.4, 0.5) is 0 Å². The third-order valence-electron chi connectivity index (χ3n) is 24.3. The summed E-state index contributed by atoms with van der Waals surface area (Å²) in [5.41, 5.74) is 17.8. The number of esters is 1. The summed E-state index contributed by atoms with van der Waals surface area (Å²) in [6.45, 7) is 4.79. The van der Waals surface area contributed by atoms with E-state index in [0.717, 1.165) is 131 Å². The highest BCUT2D eigenvalue weighted by Crippen LogP contribution is 2.92. The van der Waals surface area contributed by atoms with Crippen LogP contribution in [0.3, 0.4) is 0 Å². The van der Waals surface area contributed by atoms with Crippen molar-refractivity contribution in [1.29, 1.82) is 0 Å². The molecule has 0 amide bonds. The molecule has 0 aromatic heterocycles. The first-order valence-corrected chi connectivity index (χ1v) is 24.8. The topological polar surface area (TPSA) is 35.5 Å². The van der Waals surface area contributed by atoms with E-state index in [1.54, 1.807) is 36.7 Å². The Morgan fingerprint density at radius 3 is 2.27 bits per heavy atom. The van der Waals surface area contributed by atoms with Gasteiger partial charge in [-0.1, -0.05) is 64.8 Å². The molecule has 2 aromatic rings. The summed E-state index contributed by atoms with van der Waals surface area (Å²) in [5, 5.41) is 0. The summed E-state index contributed by atoms with van der Waals surface area (Å²) >= 11 is 0. The summed E-state index contributed by atoms with van der Waals surface area (Å²) in [6.07, 6.45) is 20.1. The molecule has 0 spiro atoms. The first kappa shape index (κ1) is 32.1. The van der Waals surface area contributed by atoms with E-state index in [0.29, 0.717) is 23.3 Å². The number of methoxy groups -OCH3 is 2. The molecule has 0 saturated heterocycles. The Labute approximate surface area is 354 Å². The van der Waals surface area contributed by atoms with Crippen LogP contribution in [0.5, 0.6) is 5.75 Å². The van der Waals surface area contributed by atoms with Crippen LogP contribution < -0.4 is 4.74 Å². The molecule has 3 heteroatoms. The van der Waals surface area contributed by atoms with Gasteiger partial charge in [0.25, 0.3) is 0 Å². The van der Waals surface area contributed by atoms with Gasteiger partial charge in [0.1, 0.15) is 5.75 Å². The highest BCUT2D eigenvalue weighted by Gasteiger charge is 2.87. The lowest BCUT2D eigenvalue weighted by Crippen LogP contribution is -2.58. The Balaban J connectivity index is 1.00. The molecule has 16 aliphatic rings. The van der Waals surface area contributed by atoms with E-state index in [1.165, 1.54) is 29.5 Å². The smallest absolute Gasteiger partial charge is 0.337 e. The van der Waals surface area contributed by atoms with Crippen LogP contribution in [0.1, 0.15) is 64.7 Å². The van der Waals surface area contributed by atoms with Gasteiger partial charge in [-0.15, -0.1) is 0 Å². The number of hydrogen-bond acceptors (Lipinski definition) is 3. The van der Waals surface area contributed by atoms with Gasteiger partial charge in [0.15, 0.2) is 0 Å². The highest BCUT2D eigenvalue weighted by atomic mass is 16.5. The number of ether oxygens (including phenoxy) is 2. The van der Waals surface area contributed by atoms with E-state index in [2.05, 4.69) is 74.1 Å². The Hall–Kier alpha value is -3.59. The van der Waals surface area contributed by atoms with Gasteiger partial charge in [-0.05, 0) is 228 Å². The van der Waals surface area contributed by atoms with Crippen molar-refractivity contribution in [3.63, 3.8) is 0 Å². The van der Waals surface area contributed by atoms with Gasteiger partial charge in [-0.3, -0.25) is 0 Å². The summed E-state index contributed by atoms with van der Waals surface area (Å²) in [7, 11) is 3.41. The fourth-order valence-corrected chi connectivity index (χ4v) is 24.6. The number of allylic oxidation sites excluding steroid dienone is 10. The van der Waals surface area contributed by atoms with Gasteiger partial charge in [0.2, 0.25) is 0 Å². The van der Waals surface area contributed by atoms with Crippen LogP contribution >= 0.6 is 0 Å². The molecule has 2 aromatic carbocycles. The summed E-state index contributed by atoms with van der Waals surface area (Å²) < 4.78 is 11.4. The van der Waals surface area contributed by atoms with Crippen molar-refractivity contribution >= 4 is 5.97 Å². The maximum atomic E-state index is 13.2. The Bertz CT molecular complexity index is 2720. The van der Waals surface area contributed by atoms with Crippen LogP contribution in [0.15, 0.2) is 94.1 Å². The third-order valence-corrected chi connectivity index (χ3v) is 24.3. The van der Waals surface area contributed by atoms with Gasteiger partial charge in [-0.25, -0.2) is 4.79 Å². The molecule has 0 bridgehead atoms. The Morgan fingerprint density at radius 2 is 1.45 bits per heavy atom. The molecule has 0 heterocycles. The maximum absolute atomic E-state index is 13.2. The SMILES string of the molecule is COC(=O)c1cccc(CC23C4=CC5(c6ccc(OC)c(C)c6C)C=C6CC7CC8CC9CC%10=CC%11C=C(C4)C2=C2C%11C4C%10C9C9C8C8C7C6C6C7C8C9C4C2C7C3C65)c1. The minimum absolute atomic E-state index is 0.0104. The predicted molar refractivity (Wildman–Crippen MR) is 227 cm³/mol. The number of benzene rings is 2. The molecule has 11 saturated carbocycles. The van der Waals surface area contributed by atoms with Gasteiger partial charge >= 0.3 is 5.97 Å². The predicted octanol–water partition coefficient (Wildman–Crippen LogP) is 10.3. The second-order valence-electron chi connectivity index (χ2n) is 24.5. The molecular weight excluding hydrogens is 733 g/mol. The van der Waals surface area contributed by atoms with Gasteiger partial charge in [0, 0.05) is 16.7 Å². The van der Waals surface area contributed by atoms with Gasteiger partial charge in [0.05, 0.1) is 19.8 Å². The first-order valence-electron chi connectivity index (χ1n) is 24.8. The summed E-state index contributed by atoms with van der Waals surface area (Å²) in [6, 6.07) is 13.7. The van der Waals surface area contributed by atoms with Crippen LogP contribution in [0.2, 0.25) is 0 Å². The zero-order valence-corrected chi connectivity index (χ0v) is 35.4. The largest absolute Gasteiger partial charge is 0.496 e. The first-order chi connectivity index (χ1) is 29.4. The van der Waals surface area contributed by atoms with E-state index in [1.807, 2.05) is 29.9 Å². The quantitative estimate of drug-likeness (QED) is 0.224.